The lowest BCUT2D eigenvalue weighted by molar-refractivity contribution is 0.174. The summed E-state index contributed by atoms with van der Waals surface area (Å²) in [6.07, 6.45) is 1.83. The van der Waals surface area contributed by atoms with E-state index >= 15 is 0 Å². The maximum Gasteiger partial charge on any atom is 0.231 e. The number of ether oxygens (including phenoxy) is 2. The molecule has 1 aliphatic rings. The molecular weight excluding hydrogens is 334 g/mol. The molecule has 0 spiro atoms. The first kappa shape index (κ1) is 14.4. The van der Waals surface area contributed by atoms with Gasteiger partial charge in [0.05, 0.1) is 5.52 Å². The second kappa shape index (κ2) is 5.53. The second-order valence-electron chi connectivity index (χ2n) is 5.89. The molecule has 5 nitrogen and oxygen atoms in total. The number of fused-ring (bicyclic) bond motifs is 2. The lowest BCUT2D eigenvalue weighted by atomic mass is 10.2. The number of benzene rings is 1. The van der Waals surface area contributed by atoms with Crippen LogP contribution in [0.2, 0.25) is 0 Å². The molecule has 124 valence electrons. The van der Waals surface area contributed by atoms with E-state index in [0.717, 1.165) is 33.9 Å². The van der Waals surface area contributed by atoms with Gasteiger partial charge in [0.1, 0.15) is 5.82 Å². The van der Waals surface area contributed by atoms with E-state index in [0.29, 0.717) is 0 Å². The molecule has 4 aromatic rings. The minimum Gasteiger partial charge on any atom is -0.454 e. The normalized spacial score (nSPS) is 12.7. The number of thiophene rings is 1. The average Bonchev–Trinajstić information content (AvgIpc) is 3.35. The van der Waals surface area contributed by atoms with Gasteiger partial charge >= 0.3 is 0 Å². The van der Waals surface area contributed by atoms with E-state index in [-0.39, 0.29) is 6.79 Å². The molecule has 0 amide bonds. The summed E-state index contributed by atoms with van der Waals surface area (Å²) in [5, 5.41) is 8.75. The van der Waals surface area contributed by atoms with Crippen LogP contribution in [0.3, 0.4) is 0 Å². The van der Waals surface area contributed by atoms with E-state index in [4.69, 9.17) is 9.47 Å². The fourth-order valence-electron chi connectivity index (χ4n) is 3.16. The Bertz CT molecular complexity index is 1070. The van der Waals surface area contributed by atoms with Gasteiger partial charge in [0.2, 0.25) is 6.79 Å². The molecule has 0 bridgehead atoms. The maximum absolute atomic E-state index is 5.45. The molecule has 1 N–H and O–H groups in total. The zero-order valence-electron chi connectivity index (χ0n) is 13.5. The Labute approximate surface area is 148 Å². The van der Waals surface area contributed by atoms with Gasteiger partial charge in [0.15, 0.2) is 11.5 Å². The maximum atomic E-state index is 5.45. The van der Waals surface area contributed by atoms with E-state index < -0.39 is 0 Å². The third kappa shape index (κ3) is 2.34. The smallest absolute Gasteiger partial charge is 0.231 e. The molecule has 25 heavy (non-hydrogen) atoms. The van der Waals surface area contributed by atoms with Crippen LogP contribution in [0.15, 0.2) is 53.4 Å². The molecule has 5 rings (SSSR count). The largest absolute Gasteiger partial charge is 0.454 e. The number of aromatic nitrogens is 2. The van der Waals surface area contributed by atoms with Crippen LogP contribution in [-0.4, -0.2) is 16.3 Å². The summed E-state index contributed by atoms with van der Waals surface area (Å²) in [7, 11) is 2.08. The van der Waals surface area contributed by atoms with Crippen molar-refractivity contribution in [1.82, 2.24) is 9.55 Å². The topological polar surface area (TPSA) is 48.3 Å². The molecule has 0 atom stereocenters. The van der Waals surface area contributed by atoms with Crippen molar-refractivity contribution in [3.63, 3.8) is 0 Å². The highest BCUT2D eigenvalue weighted by molar-refractivity contribution is 7.08. The van der Waals surface area contributed by atoms with Gasteiger partial charge in [-0.05, 0) is 35.7 Å². The van der Waals surface area contributed by atoms with Gasteiger partial charge in [0, 0.05) is 47.0 Å². The third-order valence-corrected chi connectivity index (χ3v) is 5.11. The van der Waals surface area contributed by atoms with Crippen LogP contribution in [0.4, 0.5) is 11.5 Å². The summed E-state index contributed by atoms with van der Waals surface area (Å²) >= 11 is 1.70. The Kier molecular flexibility index (Phi) is 3.18. The fraction of sp³-hybridized carbons (Fsp3) is 0.105. The SMILES string of the molecule is Cn1c(-c2ccsc2)cc2c(Nc3ccc4c(c3)OCO4)nccc21. The van der Waals surface area contributed by atoms with Crippen LogP contribution in [0.5, 0.6) is 11.5 Å². The van der Waals surface area contributed by atoms with E-state index in [1.54, 1.807) is 11.3 Å². The average molecular weight is 349 g/mol. The van der Waals surface area contributed by atoms with Crippen molar-refractivity contribution < 1.29 is 9.47 Å². The number of hydrogen-bond donors (Lipinski definition) is 1. The fourth-order valence-corrected chi connectivity index (χ4v) is 3.81. The minimum atomic E-state index is 0.273. The van der Waals surface area contributed by atoms with Gasteiger partial charge in [-0.1, -0.05) is 0 Å². The summed E-state index contributed by atoms with van der Waals surface area (Å²) < 4.78 is 13.0. The molecule has 6 heteroatoms. The summed E-state index contributed by atoms with van der Waals surface area (Å²) in [5.74, 6) is 2.36. The Hall–Kier alpha value is -2.99. The number of hydrogen-bond acceptors (Lipinski definition) is 5. The predicted molar refractivity (Wildman–Crippen MR) is 99.9 cm³/mol. The number of nitrogens with zero attached hydrogens (tertiary/aromatic N) is 2. The Morgan fingerprint density at radius 3 is 2.92 bits per heavy atom. The van der Waals surface area contributed by atoms with E-state index in [1.165, 1.54) is 11.3 Å². The summed E-state index contributed by atoms with van der Waals surface area (Å²) in [6, 6.07) is 12.2. The molecule has 1 aromatic carbocycles. The van der Waals surface area contributed by atoms with Gasteiger partial charge < -0.3 is 19.4 Å². The predicted octanol–water partition coefficient (Wildman–Crippen LogP) is 4.77. The minimum absolute atomic E-state index is 0.273. The molecule has 0 aliphatic carbocycles. The lowest BCUT2D eigenvalue weighted by Gasteiger charge is -2.08. The Balaban J connectivity index is 1.58. The molecular formula is C19H15N3O2S. The van der Waals surface area contributed by atoms with Gasteiger partial charge in [-0.3, -0.25) is 0 Å². The molecule has 3 aromatic heterocycles. The van der Waals surface area contributed by atoms with Crippen LogP contribution in [0.1, 0.15) is 0 Å². The van der Waals surface area contributed by atoms with E-state index in [9.17, 15) is 0 Å². The van der Waals surface area contributed by atoms with Crippen molar-refractivity contribution in [1.29, 1.82) is 0 Å². The van der Waals surface area contributed by atoms with Crippen LogP contribution in [0.25, 0.3) is 22.2 Å². The zero-order valence-corrected chi connectivity index (χ0v) is 14.3. The number of rotatable bonds is 3. The van der Waals surface area contributed by atoms with Gasteiger partial charge in [-0.2, -0.15) is 11.3 Å². The quantitative estimate of drug-likeness (QED) is 0.578. The first-order chi connectivity index (χ1) is 12.3. The third-order valence-electron chi connectivity index (χ3n) is 4.42. The molecule has 4 heterocycles. The molecule has 0 radical (unpaired) electrons. The number of nitrogens with one attached hydrogen (secondary N) is 1. The number of anilines is 2. The first-order valence-electron chi connectivity index (χ1n) is 7.93. The highest BCUT2D eigenvalue weighted by atomic mass is 32.1. The monoisotopic (exact) mass is 349 g/mol. The van der Waals surface area contributed by atoms with Crippen molar-refractivity contribution in [2.45, 2.75) is 0 Å². The number of aryl methyl sites for hydroxylation is 1. The van der Waals surface area contributed by atoms with E-state index in [2.05, 4.69) is 44.8 Å². The van der Waals surface area contributed by atoms with Gasteiger partial charge in [-0.15, -0.1) is 0 Å². The van der Waals surface area contributed by atoms with Crippen LogP contribution in [0, 0.1) is 0 Å². The molecule has 0 fully saturated rings. The van der Waals surface area contributed by atoms with Crippen molar-refractivity contribution in [3.05, 3.63) is 53.4 Å². The molecule has 1 aliphatic heterocycles. The second-order valence-corrected chi connectivity index (χ2v) is 6.67. The van der Waals surface area contributed by atoms with Crippen LogP contribution < -0.4 is 14.8 Å². The zero-order chi connectivity index (χ0) is 16.8. The number of pyridine rings is 1. The van der Waals surface area contributed by atoms with Gasteiger partial charge in [0.25, 0.3) is 0 Å². The standard InChI is InChI=1S/C19H15N3O2S/c1-22-15-4-6-20-19(14(15)9-16(22)12-5-7-25-10-12)21-13-2-3-17-18(8-13)24-11-23-17/h2-10H,11H2,1H3,(H,20,21). The lowest BCUT2D eigenvalue weighted by Crippen LogP contribution is -1.95. The van der Waals surface area contributed by atoms with Crippen molar-refractivity contribution in [2.24, 2.45) is 7.05 Å². The Morgan fingerprint density at radius 1 is 1.12 bits per heavy atom. The van der Waals surface area contributed by atoms with Gasteiger partial charge in [-0.25, -0.2) is 4.98 Å². The van der Waals surface area contributed by atoms with Crippen molar-refractivity contribution in [3.8, 4) is 22.8 Å². The van der Waals surface area contributed by atoms with Crippen molar-refractivity contribution in [2.75, 3.05) is 12.1 Å². The summed E-state index contributed by atoms with van der Waals surface area (Å²) in [4.78, 5) is 4.54. The van der Waals surface area contributed by atoms with Crippen LogP contribution >= 0.6 is 11.3 Å². The Morgan fingerprint density at radius 2 is 2.04 bits per heavy atom. The van der Waals surface area contributed by atoms with Crippen molar-refractivity contribution >= 4 is 33.7 Å². The summed E-state index contributed by atoms with van der Waals surface area (Å²) in [5.41, 5.74) is 4.46. The van der Waals surface area contributed by atoms with Crippen LogP contribution in [-0.2, 0) is 7.05 Å². The molecule has 0 saturated heterocycles. The first-order valence-corrected chi connectivity index (χ1v) is 8.87. The van der Waals surface area contributed by atoms with E-state index in [1.807, 2.05) is 30.5 Å². The summed E-state index contributed by atoms with van der Waals surface area (Å²) in [6.45, 7) is 0.273. The molecule has 0 saturated carbocycles. The highest BCUT2D eigenvalue weighted by Crippen LogP contribution is 2.37. The molecule has 0 unspecified atom stereocenters. The highest BCUT2D eigenvalue weighted by Gasteiger charge is 2.15.